The fraction of sp³-hybridized carbons (Fsp3) is 0.368. The van der Waals surface area contributed by atoms with E-state index in [9.17, 15) is 5.11 Å². The van der Waals surface area contributed by atoms with Gasteiger partial charge in [0.05, 0.1) is 12.6 Å². The first kappa shape index (κ1) is 18.5. The summed E-state index contributed by atoms with van der Waals surface area (Å²) in [4.78, 5) is 10.6. The molecule has 2 atom stereocenters. The number of ether oxygens (including phenoxy) is 1. The highest BCUT2D eigenvalue weighted by molar-refractivity contribution is 6.30. The van der Waals surface area contributed by atoms with Gasteiger partial charge in [0.25, 0.3) is 0 Å². The van der Waals surface area contributed by atoms with Crippen molar-refractivity contribution in [3.05, 3.63) is 59.2 Å². The third-order valence-electron chi connectivity index (χ3n) is 4.27. The van der Waals surface area contributed by atoms with Gasteiger partial charge in [-0.3, -0.25) is 4.99 Å². The molecule has 2 unspecified atom stereocenters. The number of nitrogens with one attached hydrogen (secondary N) is 1. The number of likely N-dealkylation sites (tertiary alicyclic amines) is 1. The van der Waals surface area contributed by atoms with E-state index in [2.05, 4.69) is 20.2 Å². The van der Waals surface area contributed by atoms with E-state index in [1.165, 1.54) is 0 Å². The Kier molecular flexibility index (Phi) is 6.30. The predicted molar refractivity (Wildman–Crippen MR) is 103 cm³/mol. The lowest BCUT2D eigenvalue weighted by Crippen LogP contribution is -2.42. The molecule has 7 heteroatoms. The highest BCUT2D eigenvalue weighted by Crippen LogP contribution is 2.18. The molecule has 1 aromatic carbocycles. The Hall–Kier alpha value is -2.31. The van der Waals surface area contributed by atoms with Gasteiger partial charge in [0.1, 0.15) is 6.10 Å². The fourth-order valence-corrected chi connectivity index (χ4v) is 3.16. The number of halogens is 1. The SMILES string of the molecule is CN=C(NCC(O)c1cccc(Cl)c1)N1CCC(Oc2ccccn2)C1. The molecule has 2 aromatic rings. The number of nitrogens with zero attached hydrogens (tertiary/aromatic N) is 3. The number of aliphatic imine (C=N–C) groups is 1. The first-order valence-electron chi connectivity index (χ1n) is 8.62. The number of aromatic nitrogens is 1. The zero-order valence-electron chi connectivity index (χ0n) is 14.7. The van der Waals surface area contributed by atoms with Gasteiger partial charge in [0, 0.05) is 43.8 Å². The Morgan fingerprint density at radius 3 is 3.04 bits per heavy atom. The molecule has 1 aromatic heterocycles. The van der Waals surface area contributed by atoms with E-state index in [1.54, 1.807) is 25.4 Å². The lowest BCUT2D eigenvalue weighted by Gasteiger charge is -2.23. The number of hydrogen-bond donors (Lipinski definition) is 2. The molecule has 0 aliphatic carbocycles. The van der Waals surface area contributed by atoms with Gasteiger partial charge in [-0.25, -0.2) is 4.98 Å². The van der Waals surface area contributed by atoms with Crippen LogP contribution in [0.2, 0.25) is 5.02 Å². The Bertz CT molecular complexity index is 741. The molecule has 1 fully saturated rings. The van der Waals surface area contributed by atoms with Gasteiger partial charge in [-0.2, -0.15) is 0 Å². The van der Waals surface area contributed by atoms with Gasteiger partial charge in [0.15, 0.2) is 5.96 Å². The van der Waals surface area contributed by atoms with Crippen LogP contribution in [0, 0.1) is 0 Å². The first-order chi connectivity index (χ1) is 12.7. The van der Waals surface area contributed by atoms with Crippen LogP contribution >= 0.6 is 11.6 Å². The Labute approximate surface area is 158 Å². The number of hydrogen-bond acceptors (Lipinski definition) is 4. The van der Waals surface area contributed by atoms with E-state index in [-0.39, 0.29) is 6.10 Å². The van der Waals surface area contributed by atoms with E-state index in [1.807, 2.05) is 30.3 Å². The minimum absolute atomic E-state index is 0.0707. The largest absolute Gasteiger partial charge is 0.472 e. The highest BCUT2D eigenvalue weighted by Gasteiger charge is 2.26. The number of rotatable bonds is 5. The Morgan fingerprint density at radius 2 is 2.31 bits per heavy atom. The number of benzene rings is 1. The zero-order valence-corrected chi connectivity index (χ0v) is 15.4. The maximum atomic E-state index is 10.4. The van der Waals surface area contributed by atoms with Crippen molar-refractivity contribution in [2.24, 2.45) is 4.99 Å². The quantitative estimate of drug-likeness (QED) is 0.621. The second-order valence-corrected chi connectivity index (χ2v) is 6.58. The summed E-state index contributed by atoms with van der Waals surface area (Å²) in [5.41, 5.74) is 0.776. The smallest absolute Gasteiger partial charge is 0.213 e. The van der Waals surface area contributed by atoms with Gasteiger partial charge >= 0.3 is 0 Å². The van der Waals surface area contributed by atoms with Crippen LogP contribution in [0.3, 0.4) is 0 Å². The molecule has 1 saturated heterocycles. The van der Waals surface area contributed by atoms with E-state index < -0.39 is 6.10 Å². The molecule has 6 nitrogen and oxygen atoms in total. The first-order valence-corrected chi connectivity index (χ1v) is 9.00. The summed E-state index contributed by atoms with van der Waals surface area (Å²) < 4.78 is 5.91. The summed E-state index contributed by atoms with van der Waals surface area (Å²) >= 11 is 5.98. The lowest BCUT2D eigenvalue weighted by molar-refractivity contribution is 0.179. The van der Waals surface area contributed by atoms with Crippen LogP contribution < -0.4 is 10.1 Å². The summed E-state index contributed by atoms with van der Waals surface area (Å²) in [6.07, 6.45) is 2.03. The van der Waals surface area contributed by atoms with Crippen molar-refractivity contribution in [3.8, 4) is 5.88 Å². The number of aliphatic hydroxyl groups is 1. The van der Waals surface area contributed by atoms with Crippen molar-refractivity contribution < 1.29 is 9.84 Å². The van der Waals surface area contributed by atoms with Crippen molar-refractivity contribution in [3.63, 3.8) is 0 Å². The maximum Gasteiger partial charge on any atom is 0.213 e. The summed E-state index contributed by atoms with van der Waals surface area (Å²) in [5, 5.41) is 14.2. The number of aliphatic hydroxyl groups excluding tert-OH is 1. The molecule has 138 valence electrons. The van der Waals surface area contributed by atoms with Gasteiger partial charge in [-0.15, -0.1) is 0 Å². The number of pyridine rings is 1. The van der Waals surface area contributed by atoms with Gasteiger partial charge in [-0.1, -0.05) is 29.8 Å². The molecule has 1 aliphatic heterocycles. The van der Waals surface area contributed by atoms with E-state index >= 15 is 0 Å². The molecule has 0 saturated carbocycles. The summed E-state index contributed by atoms with van der Waals surface area (Å²) in [6.45, 7) is 1.92. The van der Waals surface area contributed by atoms with Crippen molar-refractivity contribution >= 4 is 17.6 Å². The molecule has 3 rings (SSSR count). The van der Waals surface area contributed by atoms with Crippen LogP contribution in [-0.2, 0) is 0 Å². The molecule has 26 heavy (non-hydrogen) atoms. The molecule has 0 spiro atoms. The highest BCUT2D eigenvalue weighted by atomic mass is 35.5. The maximum absolute atomic E-state index is 10.4. The van der Waals surface area contributed by atoms with Crippen LogP contribution in [0.25, 0.3) is 0 Å². The van der Waals surface area contributed by atoms with Crippen LogP contribution in [0.15, 0.2) is 53.7 Å². The normalized spacial score (nSPS) is 18.7. The minimum atomic E-state index is -0.659. The monoisotopic (exact) mass is 374 g/mol. The van der Waals surface area contributed by atoms with Crippen molar-refractivity contribution in [1.29, 1.82) is 0 Å². The average Bonchev–Trinajstić information content (AvgIpc) is 3.11. The Balaban J connectivity index is 1.51. The van der Waals surface area contributed by atoms with Crippen LogP contribution in [-0.4, -0.2) is 53.7 Å². The molecule has 1 aliphatic rings. The summed E-state index contributed by atoms with van der Waals surface area (Å²) in [5.74, 6) is 1.39. The molecular weight excluding hydrogens is 352 g/mol. The van der Waals surface area contributed by atoms with Crippen molar-refractivity contribution in [1.82, 2.24) is 15.2 Å². The Morgan fingerprint density at radius 1 is 1.42 bits per heavy atom. The third kappa shape index (κ3) is 4.86. The van der Waals surface area contributed by atoms with E-state index in [4.69, 9.17) is 16.3 Å². The topological polar surface area (TPSA) is 70.0 Å². The molecule has 0 bridgehead atoms. The van der Waals surface area contributed by atoms with E-state index in [0.717, 1.165) is 31.0 Å². The molecule has 2 heterocycles. The van der Waals surface area contributed by atoms with Crippen molar-refractivity contribution in [2.75, 3.05) is 26.7 Å². The fourth-order valence-electron chi connectivity index (χ4n) is 2.96. The van der Waals surface area contributed by atoms with Gasteiger partial charge < -0.3 is 20.1 Å². The van der Waals surface area contributed by atoms with Crippen LogP contribution in [0.1, 0.15) is 18.1 Å². The second-order valence-electron chi connectivity index (χ2n) is 6.14. The summed E-state index contributed by atoms with van der Waals surface area (Å²) in [6, 6.07) is 12.9. The number of guanidine groups is 1. The molecule has 0 radical (unpaired) electrons. The molecule has 0 amide bonds. The van der Waals surface area contributed by atoms with Gasteiger partial charge in [-0.05, 0) is 23.8 Å². The predicted octanol–water partition coefficient (Wildman–Crippen LogP) is 2.50. The lowest BCUT2D eigenvalue weighted by atomic mass is 10.1. The molecule has 2 N–H and O–H groups in total. The van der Waals surface area contributed by atoms with E-state index in [0.29, 0.717) is 17.4 Å². The second kappa shape index (κ2) is 8.87. The van der Waals surface area contributed by atoms with Gasteiger partial charge in [0.2, 0.25) is 5.88 Å². The van der Waals surface area contributed by atoms with Crippen LogP contribution in [0.4, 0.5) is 0 Å². The van der Waals surface area contributed by atoms with Crippen molar-refractivity contribution in [2.45, 2.75) is 18.6 Å². The minimum Gasteiger partial charge on any atom is -0.472 e. The van der Waals surface area contributed by atoms with Crippen LogP contribution in [0.5, 0.6) is 5.88 Å². The zero-order chi connectivity index (χ0) is 18.4. The molecular formula is C19H23ClN4O2. The summed E-state index contributed by atoms with van der Waals surface area (Å²) in [7, 11) is 1.74. The third-order valence-corrected chi connectivity index (χ3v) is 4.50. The standard InChI is InChI=1S/C19H23ClN4O2/c1-21-19(23-12-17(25)14-5-4-6-15(20)11-14)24-10-8-16(13-24)26-18-7-2-3-9-22-18/h2-7,9,11,16-17,25H,8,10,12-13H2,1H3,(H,21,23). The average molecular weight is 375 g/mol.